The maximum absolute atomic E-state index is 10.9. The summed E-state index contributed by atoms with van der Waals surface area (Å²) in [5.74, 6) is -0.822. The van der Waals surface area contributed by atoms with Gasteiger partial charge in [-0.15, -0.1) is 0 Å². The van der Waals surface area contributed by atoms with Gasteiger partial charge in [-0.25, -0.2) is 4.79 Å². The Morgan fingerprint density at radius 1 is 1.39 bits per heavy atom. The zero-order valence-electron chi connectivity index (χ0n) is 10.2. The highest BCUT2D eigenvalue weighted by molar-refractivity contribution is 6.30. The monoisotopic (exact) mass is 268 g/mol. The predicted octanol–water partition coefficient (Wildman–Crippen LogP) is 3.30. The largest absolute Gasteiger partial charge is 0.479 e. The lowest BCUT2D eigenvalue weighted by Crippen LogP contribution is -2.23. The second kappa shape index (κ2) is 5.72. The lowest BCUT2D eigenvalue weighted by atomic mass is 10.0. The van der Waals surface area contributed by atoms with Crippen LogP contribution in [0.25, 0.3) is 0 Å². The minimum absolute atomic E-state index is 0.372. The fourth-order valence-corrected chi connectivity index (χ4v) is 2.28. The molecule has 1 unspecified atom stereocenters. The Morgan fingerprint density at radius 3 is 2.78 bits per heavy atom. The molecule has 1 heterocycles. The fraction of sp³-hybridized carbons (Fsp3) is 0.500. The molecule has 0 spiro atoms. The average Bonchev–Trinajstić information content (AvgIpc) is 3.10. The van der Waals surface area contributed by atoms with Gasteiger partial charge in [0.25, 0.3) is 0 Å². The van der Waals surface area contributed by atoms with E-state index in [0.717, 1.165) is 30.7 Å². The number of carboxylic acid groups (broad SMARTS) is 1. The number of hydrogen-bond donors (Lipinski definition) is 1. The van der Waals surface area contributed by atoms with Crippen LogP contribution in [0.2, 0.25) is 5.02 Å². The molecule has 0 radical (unpaired) electrons. The number of benzene rings is 1. The molecular formula is C14H17ClO3. The van der Waals surface area contributed by atoms with Gasteiger partial charge in [-0.3, -0.25) is 0 Å². The van der Waals surface area contributed by atoms with Crippen LogP contribution in [0.4, 0.5) is 0 Å². The number of aryl methyl sites for hydroxylation is 1. The zero-order chi connectivity index (χ0) is 13.0. The van der Waals surface area contributed by atoms with Crippen LogP contribution in [0.1, 0.15) is 31.2 Å². The minimum Gasteiger partial charge on any atom is -0.479 e. The van der Waals surface area contributed by atoms with Crippen LogP contribution in [0, 0.1) is 0 Å². The average molecular weight is 269 g/mol. The minimum atomic E-state index is -0.851. The fourth-order valence-electron chi connectivity index (χ4n) is 2.07. The van der Waals surface area contributed by atoms with E-state index in [1.165, 1.54) is 5.56 Å². The Kier molecular flexibility index (Phi) is 4.25. The number of ether oxygens (including phenoxy) is 1. The number of unbranched alkanes of at least 4 members (excludes halogenated alkanes) is 2. The molecule has 0 amide bonds. The van der Waals surface area contributed by atoms with Gasteiger partial charge in [0, 0.05) is 5.02 Å². The van der Waals surface area contributed by atoms with E-state index in [1.807, 2.05) is 18.2 Å². The van der Waals surface area contributed by atoms with Gasteiger partial charge in [0.15, 0.2) is 5.60 Å². The second-order valence-electron chi connectivity index (χ2n) is 4.78. The summed E-state index contributed by atoms with van der Waals surface area (Å²) in [4.78, 5) is 10.9. The third-order valence-corrected chi connectivity index (χ3v) is 3.55. The number of carbonyl (C=O) groups is 1. The van der Waals surface area contributed by atoms with Crippen molar-refractivity contribution in [2.24, 2.45) is 0 Å². The molecule has 1 aliphatic heterocycles. The van der Waals surface area contributed by atoms with E-state index in [2.05, 4.69) is 6.07 Å². The van der Waals surface area contributed by atoms with Crippen molar-refractivity contribution in [1.29, 1.82) is 0 Å². The normalized spacial score (nSPS) is 21.8. The van der Waals surface area contributed by atoms with Crippen LogP contribution < -0.4 is 0 Å². The summed E-state index contributed by atoms with van der Waals surface area (Å²) < 4.78 is 5.02. The lowest BCUT2D eigenvalue weighted by molar-refractivity contribution is -0.143. The summed E-state index contributed by atoms with van der Waals surface area (Å²) in [6.45, 7) is 0.372. The predicted molar refractivity (Wildman–Crippen MR) is 69.9 cm³/mol. The highest BCUT2D eigenvalue weighted by Crippen LogP contribution is 2.33. The molecular weight excluding hydrogens is 252 g/mol. The third-order valence-electron chi connectivity index (χ3n) is 3.32. The first-order valence-corrected chi connectivity index (χ1v) is 6.62. The number of halogens is 1. The molecule has 18 heavy (non-hydrogen) atoms. The van der Waals surface area contributed by atoms with Crippen LogP contribution in [0.3, 0.4) is 0 Å². The summed E-state index contributed by atoms with van der Waals surface area (Å²) >= 11 is 5.91. The Balaban J connectivity index is 1.63. The first-order valence-electron chi connectivity index (χ1n) is 6.24. The number of rotatable bonds is 7. The first kappa shape index (κ1) is 13.4. The molecule has 0 aromatic heterocycles. The Bertz CT molecular complexity index is 427. The van der Waals surface area contributed by atoms with Crippen LogP contribution >= 0.6 is 11.6 Å². The first-order chi connectivity index (χ1) is 8.62. The molecule has 1 fully saturated rings. The van der Waals surface area contributed by atoms with Gasteiger partial charge in [0.2, 0.25) is 0 Å². The third kappa shape index (κ3) is 3.47. The van der Waals surface area contributed by atoms with E-state index in [9.17, 15) is 4.79 Å². The highest BCUT2D eigenvalue weighted by atomic mass is 35.5. The van der Waals surface area contributed by atoms with Gasteiger partial charge in [0.05, 0.1) is 6.61 Å². The maximum Gasteiger partial charge on any atom is 0.338 e. The topological polar surface area (TPSA) is 49.8 Å². The molecule has 0 bridgehead atoms. The van der Waals surface area contributed by atoms with Gasteiger partial charge < -0.3 is 9.84 Å². The zero-order valence-corrected chi connectivity index (χ0v) is 10.9. The maximum atomic E-state index is 10.9. The standard InChI is InChI=1S/C14H17ClO3/c15-12-7-4-6-11(9-12)5-2-1-3-8-14(10-18-14)13(16)17/h4,6-7,9H,1-3,5,8,10H2,(H,16,17). The van der Waals surface area contributed by atoms with Gasteiger partial charge in [-0.2, -0.15) is 0 Å². The van der Waals surface area contributed by atoms with E-state index < -0.39 is 11.6 Å². The number of epoxide rings is 1. The van der Waals surface area contributed by atoms with E-state index in [0.29, 0.717) is 13.0 Å². The molecule has 98 valence electrons. The van der Waals surface area contributed by atoms with Gasteiger partial charge in [0.1, 0.15) is 0 Å². The van der Waals surface area contributed by atoms with E-state index in [4.69, 9.17) is 21.4 Å². The molecule has 1 N–H and O–H groups in total. The number of aliphatic carboxylic acids is 1. The van der Waals surface area contributed by atoms with E-state index in [1.54, 1.807) is 0 Å². The molecule has 1 atom stereocenters. The van der Waals surface area contributed by atoms with Crippen molar-refractivity contribution in [3.8, 4) is 0 Å². The van der Waals surface area contributed by atoms with E-state index in [-0.39, 0.29) is 0 Å². The molecule has 3 nitrogen and oxygen atoms in total. The van der Waals surface area contributed by atoms with Crippen LogP contribution in [-0.2, 0) is 16.0 Å². The Labute approximate surface area is 112 Å². The van der Waals surface area contributed by atoms with Crippen LogP contribution in [0.15, 0.2) is 24.3 Å². The summed E-state index contributed by atoms with van der Waals surface area (Å²) in [5.41, 5.74) is 0.383. The molecule has 1 aliphatic rings. The molecule has 4 heteroatoms. The molecule has 1 aromatic rings. The second-order valence-corrected chi connectivity index (χ2v) is 5.22. The smallest absolute Gasteiger partial charge is 0.338 e. The Hall–Kier alpha value is -1.06. The summed E-state index contributed by atoms with van der Waals surface area (Å²) in [5, 5.41) is 9.70. The van der Waals surface area contributed by atoms with Crippen molar-refractivity contribution in [3.05, 3.63) is 34.9 Å². The van der Waals surface area contributed by atoms with Crippen molar-refractivity contribution >= 4 is 17.6 Å². The number of carboxylic acids is 1. The summed E-state index contributed by atoms with van der Waals surface area (Å²) in [7, 11) is 0. The van der Waals surface area contributed by atoms with Gasteiger partial charge in [-0.05, 0) is 43.4 Å². The summed E-state index contributed by atoms with van der Waals surface area (Å²) in [6, 6.07) is 7.86. The molecule has 1 aromatic carbocycles. The van der Waals surface area contributed by atoms with Crippen LogP contribution in [0.5, 0.6) is 0 Å². The quantitative estimate of drug-likeness (QED) is 0.610. The van der Waals surface area contributed by atoms with E-state index >= 15 is 0 Å². The Morgan fingerprint density at radius 2 is 2.17 bits per heavy atom. The summed E-state index contributed by atoms with van der Waals surface area (Å²) in [6.07, 6.45) is 4.58. The van der Waals surface area contributed by atoms with Crippen molar-refractivity contribution in [1.82, 2.24) is 0 Å². The molecule has 0 aliphatic carbocycles. The lowest BCUT2D eigenvalue weighted by Gasteiger charge is -2.06. The van der Waals surface area contributed by atoms with Crippen molar-refractivity contribution in [2.75, 3.05) is 6.61 Å². The van der Waals surface area contributed by atoms with Gasteiger partial charge >= 0.3 is 5.97 Å². The molecule has 2 rings (SSSR count). The number of hydrogen-bond acceptors (Lipinski definition) is 2. The van der Waals surface area contributed by atoms with Gasteiger partial charge in [-0.1, -0.05) is 30.2 Å². The highest BCUT2D eigenvalue weighted by Gasteiger charge is 2.51. The van der Waals surface area contributed by atoms with Crippen LogP contribution in [-0.4, -0.2) is 23.3 Å². The SMILES string of the molecule is O=C(O)C1(CCCCCc2cccc(Cl)c2)CO1. The van der Waals surface area contributed by atoms with Crippen molar-refractivity contribution in [3.63, 3.8) is 0 Å². The molecule has 0 saturated carbocycles. The molecule has 1 saturated heterocycles. The van der Waals surface area contributed by atoms with Crippen molar-refractivity contribution in [2.45, 2.75) is 37.7 Å². The van der Waals surface area contributed by atoms with Crippen molar-refractivity contribution < 1.29 is 14.6 Å².